The van der Waals surface area contributed by atoms with E-state index in [0.29, 0.717) is 0 Å². The highest BCUT2D eigenvalue weighted by molar-refractivity contribution is 5.79. The highest BCUT2D eigenvalue weighted by atomic mass is 16.4. The topological polar surface area (TPSA) is 188 Å². The van der Waals surface area contributed by atoms with Crippen LogP contribution in [0.4, 0.5) is 0 Å². The molecule has 41 heavy (non-hydrogen) atoms. The van der Waals surface area contributed by atoms with E-state index in [2.05, 4.69) is 5.32 Å². The number of benzene rings is 2. The van der Waals surface area contributed by atoms with Crippen LogP contribution in [0.5, 0.6) is 0 Å². The zero-order valence-corrected chi connectivity index (χ0v) is 22.6. The van der Waals surface area contributed by atoms with Crippen LogP contribution < -0.4 is 5.32 Å². The number of carbonyl (C=O) groups excluding carboxylic acids is 1. The van der Waals surface area contributed by atoms with Crippen molar-refractivity contribution in [3.05, 3.63) is 71.8 Å². The molecule has 2 rings (SSSR count). The van der Waals surface area contributed by atoms with E-state index in [4.69, 9.17) is 0 Å². The van der Waals surface area contributed by atoms with Crippen molar-refractivity contribution >= 4 is 29.8 Å². The van der Waals surface area contributed by atoms with Crippen LogP contribution in [0.1, 0.15) is 11.1 Å². The van der Waals surface area contributed by atoms with Gasteiger partial charge in [0.25, 0.3) is 0 Å². The summed E-state index contributed by atoms with van der Waals surface area (Å²) in [6.07, 6.45) is 0.248. The monoisotopic (exact) mass is 572 g/mol. The Labute approximate surface area is 237 Å². The van der Waals surface area contributed by atoms with Crippen molar-refractivity contribution in [3.63, 3.8) is 0 Å². The Morgan fingerprint density at radius 3 is 1.59 bits per heavy atom. The molecule has 0 radical (unpaired) electrons. The van der Waals surface area contributed by atoms with Crippen LogP contribution in [0.3, 0.4) is 0 Å². The Balaban J connectivity index is 2.17. The van der Waals surface area contributed by atoms with E-state index in [1.807, 2.05) is 30.3 Å². The van der Waals surface area contributed by atoms with E-state index in [1.165, 1.54) is 14.7 Å². The van der Waals surface area contributed by atoms with Gasteiger partial charge in [0.1, 0.15) is 0 Å². The average molecular weight is 573 g/mol. The molecule has 0 aliphatic rings. The van der Waals surface area contributed by atoms with Crippen LogP contribution in [0.2, 0.25) is 0 Å². The number of nitrogens with one attached hydrogen (secondary N) is 1. The summed E-state index contributed by atoms with van der Waals surface area (Å²) in [5.74, 6) is -5.21. The summed E-state index contributed by atoms with van der Waals surface area (Å²) in [5.41, 5.74) is 1.67. The summed E-state index contributed by atoms with van der Waals surface area (Å²) in [4.78, 5) is 62.9. The second-order valence-electron chi connectivity index (χ2n) is 9.53. The largest absolute Gasteiger partial charge is 0.480 e. The normalized spacial score (nSPS) is 11.9. The Morgan fingerprint density at radius 1 is 0.610 bits per heavy atom. The molecule has 1 atom stereocenters. The van der Waals surface area contributed by atoms with Gasteiger partial charge in [0.05, 0.1) is 32.7 Å². The fourth-order valence-electron chi connectivity index (χ4n) is 4.32. The molecular formula is C28H36N4O9. The van der Waals surface area contributed by atoms with Crippen LogP contribution in [0.25, 0.3) is 0 Å². The molecule has 13 nitrogen and oxygen atoms in total. The molecule has 0 bridgehead atoms. The number of nitrogens with zero attached hydrogens (tertiary/aromatic N) is 3. The molecule has 0 aliphatic carbocycles. The number of amides is 1. The molecule has 0 saturated carbocycles. The number of rotatable bonds is 20. The fourth-order valence-corrected chi connectivity index (χ4v) is 4.32. The third-order valence-corrected chi connectivity index (χ3v) is 6.13. The van der Waals surface area contributed by atoms with Gasteiger partial charge in [-0.05, 0) is 17.5 Å². The number of hydrogen-bond donors (Lipinski definition) is 5. The third-order valence-electron chi connectivity index (χ3n) is 6.13. The lowest BCUT2D eigenvalue weighted by atomic mass is 10.0. The standard InChI is InChI=1S/C28H36N4O9/c33-24(29-14-22-9-5-2-6-10-22)16-31(18-26(36)37)12-11-30(17-25(34)35)15-23(13-21-7-3-1-4-8-21)32(19-27(38)39)20-28(40)41/h1-10,23H,11-20H2,(H,29,33)(H,34,35)(H,36,37)(H,38,39)(H,40,41). The molecule has 222 valence electrons. The maximum atomic E-state index is 12.5. The van der Waals surface area contributed by atoms with Gasteiger partial charge < -0.3 is 25.7 Å². The molecule has 2 aromatic carbocycles. The molecule has 1 unspecified atom stereocenters. The van der Waals surface area contributed by atoms with E-state index >= 15 is 0 Å². The second-order valence-corrected chi connectivity index (χ2v) is 9.53. The quantitative estimate of drug-likeness (QED) is 0.145. The van der Waals surface area contributed by atoms with Crippen LogP contribution >= 0.6 is 0 Å². The minimum Gasteiger partial charge on any atom is -0.480 e. The van der Waals surface area contributed by atoms with E-state index < -0.39 is 62.0 Å². The summed E-state index contributed by atoms with van der Waals surface area (Å²) in [7, 11) is 0. The van der Waals surface area contributed by atoms with Gasteiger partial charge in [0.2, 0.25) is 5.91 Å². The molecular weight excluding hydrogens is 536 g/mol. The molecule has 2 aromatic rings. The number of aliphatic carboxylic acids is 4. The van der Waals surface area contributed by atoms with Gasteiger partial charge in [0.15, 0.2) is 0 Å². The first-order valence-corrected chi connectivity index (χ1v) is 12.9. The zero-order valence-electron chi connectivity index (χ0n) is 22.6. The van der Waals surface area contributed by atoms with Gasteiger partial charge in [-0.25, -0.2) is 0 Å². The number of hydrogen-bond acceptors (Lipinski definition) is 8. The van der Waals surface area contributed by atoms with E-state index in [-0.39, 0.29) is 39.1 Å². The minimum absolute atomic E-state index is 0.0110. The first-order valence-electron chi connectivity index (χ1n) is 12.9. The SMILES string of the molecule is O=C(O)CN(CCN(CC(=O)O)CC(Cc1ccccc1)N(CC(=O)O)CC(=O)O)CC(=O)NCc1ccccc1. The van der Waals surface area contributed by atoms with Crippen molar-refractivity contribution < 1.29 is 44.4 Å². The highest BCUT2D eigenvalue weighted by Gasteiger charge is 2.27. The van der Waals surface area contributed by atoms with Crippen LogP contribution in [0, 0.1) is 0 Å². The Bertz CT molecular complexity index is 1130. The molecule has 0 spiro atoms. The Kier molecular flexibility index (Phi) is 13.9. The molecule has 0 fully saturated rings. The molecule has 13 heteroatoms. The zero-order chi connectivity index (χ0) is 30.2. The molecule has 0 saturated heterocycles. The Hall–Kier alpha value is -4.33. The maximum Gasteiger partial charge on any atom is 0.317 e. The van der Waals surface area contributed by atoms with Gasteiger partial charge in [-0.3, -0.25) is 38.7 Å². The fraction of sp³-hybridized carbons (Fsp3) is 0.393. The molecule has 0 heterocycles. The highest BCUT2D eigenvalue weighted by Crippen LogP contribution is 2.12. The summed E-state index contributed by atoms with van der Waals surface area (Å²) >= 11 is 0. The van der Waals surface area contributed by atoms with Crippen molar-refractivity contribution in [1.29, 1.82) is 0 Å². The lowest BCUT2D eigenvalue weighted by Crippen LogP contribution is -2.51. The summed E-state index contributed by atoms with van der Waals surface area (Å²) < 4.78 is 0. The molecule has 0 aromatic heterocycles. The Morgan fingerprint density at radius 2 is 1.07 bits per heavy atom. The lowest BCUT2D eigenvalue weighted by Gasteiger charge is -2.34. The predicted octanol–water partition coefficient (Wildman–Crippen LogP) is 0.159. The van der Waals surface area contributed by atoms with Gasteiger partial charge >= 0.3 is 23.9 Å². The first-order chi connectivity index (χ1) is 19.5. The van der Waals surface area contributed by atoms with Crippen molar-refractivity contribution in [2.24, 2.45) is 0 Å². The minimum atomic E-state index is -1.23. The van der Waals surface area contributed by atoms with Crippen LogP contribution in [0.15, 0.2) is 60.7 Å². The summed E-state index contributed by atoms with van der Waals surface area (Å²) in [6.45, 7) is -2.00. The lowest BCUT2D eigenvalue weighted by molar-refractivity contribution is -0.144. The number of carboxylic acids is 4. The summed E-state index contributed by atoms with van der Waals surface area (Å²) in [6, 6.07) is 17.5. The van der Waals surface area contributed by atoms with Gasteiger partial charge in [-0.2, -0.15) is 0 Å². The van der Waals surface area contributed by atoms with Crippen LogP contribution in [-0.2, 0) is 36.9 Å². The van der Waals surface area contributed by atoms with Crippen molar-refractivity contribution in [2.75, 3.05) is 52.4 Å². The van der Waals surface area contributed by atoms with Crippen molar-refractivity contribution in [3.8, 4) is 0 Å². The maximum absolute atomic E-state index is 12.5. The third kappa shape index (κ3) is 14.0. The predicted molar refractivity (Wildman–Crippen MR) is 147 cm³/mol. The van der Waals surface area contributed by atoms with E-state index in [0.717, 1.165) is 11.1 Å². The molecule has 5 N–H and O–H groups in total. The molecule has 0 aliphatic heterocycles. The van der Waals surface area contributed by atoms with Gasteiger partial charge in [0, 0.05) is 32.2 Å². The van der Waals surface area contributed by atoms with E-state index in [9.17, 15) is 44.4 Å². The van der Waals surface area contributed by atoms with Crippen LogP contribution in [-0.4, -0.2) is 123 Å². The first kappa shape index (κ1) is 32.9. The van der Waals surface area contributed by atoms with Crippen molar-refractivity contribution in [1.82, 2.24) is 20.0 Å². The number of carboxylic acid groups (broad SMARTS) is 4. The summed E-state index contributed by atoms with van der Waals surface area (Å²) in [5, 5.41) is 40.5. The van der Waals surface area contributed by atoms with E-state index in [1.54, 1.807) is 30.3 Å². The molecule has 1 amide bonds. The van der Waals surface area contributed by atoms with Crippen molar-refractivity contribution in [2.45, 2.75) is 19.0 Å². The number of carbonyl (C=O) groups is 5. The average Bonchev–Trinajstić information content (AvgIpc) is 2.89. The van der Waals surface area contributed by atoms with Gasteiger partial charge in [-0.1, -0.05) is 60.7 Å². The smallest absolute Gasteiger partial charge is 0.317 e. The van der Waals surface area contributed by atoms with Gasteiger partial charge in [-0.15, -0.1) is 0 Å². The second kappa shape index (κ2) is 17.4.